The van der Waals surface area contributed by atoms with E-state index in [-0.39, 0.29) is 11.6 Å². The Morgan fingerprint density at radius 3 is 2.48 bits per heavy atom. The first kappa shape index (κ1) is 22.2. The third kappa shape index (κ3) is 7.08. The maximum absolute atomic E-state index is 12.7. The van der Waals surface area contributed by atoms with Crippen LogP contribution in [0.25, 0.3) is 6.08 Å². The molecule has 0 aliphatic rings. The average Bonchev–Trinajstić information content (AvgIpc) is 3.32. The maximum atomic E-state index is 12.7. The Bertz CT molecular complexity index is 1000. The van der Waals surface area contributed by atoms with Crippen LogP contribution >= 0.6 is 11.8 Å². The molecule has 0 saturated carbocycles. The van der Waals surface area contributed by atoms with Crippen LogP contribution in [0.3, 0.4) is 0 Å². The highest BCUT2D eigenvalue weighted by atomic mass is 32.2. The van der Waals surface area contributed by atoms with Gasteiger partial charge in [0, 0.05) is 29.7 Å². The number of carbonyl (C=O) groups is 2. The van der Waals surface area contributed by atoms with Crippen LogP contribution in [-0.4, -0.2) is 31.2 Å². The summed E-state index contributed by atoms with van der Waals surface area (Å²) in [5.41, 5.74) is 1.77. The molecule has 31 heavy (non-hydrogen) atoms. The molecule has 0 fully saturated rings. The zero-order chi connectivity index (χ0) is 21.9. The molecule has 0 bridgehead atoms. The van der Waals surface area contributed by atoms with Gasteiger partial charge in [0.25, 0.3) is 11.8 Å². The molecule has 0 aliphatic heterocycles. The van der Waals surface area contributed by atoms with Gasteiger partial charge in [-0.25, -0.2) is 0 Å². The molecule has 0 saturated heterocycles. The van der Waals surface area contributed by atoms with Gasteiger partial charge in [-0.2, -0.15) is 11.8 Å². The van der Waals surface area contributed by atoms with Crippen LogP contribution in [0.2, 0.25) is 0 Å². The Hall–Kier alpha value is -3.45. The van der Waals surface area contributed by atoms with Crippen molar-refractivity contribution in [3.63, 3.8) is 0 Å². The lowest BCUT2D eigenvalue weighted by atomic mass is 10.2. The van der Waals surface area contributed by atoms with Crippen LogP contribution in [-0.2, 0) is 10.5 Å². The van der Waals surface area contributed by atoms with E-state index in [2.05, 4.69) is 22.8 Å². The van der Waals surface area contributed by atoms with Crippen molar-refractivity contribution in [1.82, 2.24) is 10.6 Å². The number of benzene rings is 2. The highest BCUT2D eigenvalue weighted by Crippen LogP contribution is 2.13. The lowest BCUT2D eigenvalue weighted by molar-refractivity contribution is -0.117. The number of amides is 2. The van der Waals surface area contributed by atoms with Gasteiger partial charge in [0.1, 0.15) is 17.2 Å². The van der Waals surface area contributed by atoms with Crippen molar-refractivity contribution in [3.8, 4) is 5.75 Å². The summed E-state index contributed by atoms with van der Waals surface area (Å²) in [6, 6.07) is 20.2. The molecular weight excluding hydrogens is 412 g/mol. The molecule has 1 heterocycles. The van der Waals surface area contributed by atoms with Gasteiger partial charge < -0.3 is 19.8 Å². The molecule has 3 aromatic rings. The van der Waals surface area contributed by atoms with Crippen LogP contribution < -0.4 is 15.4 Å². The van der Waals surface area contributed by atoms with Crippen LogP contribution in [0.15, 0.2) is 83.1 Å². The van der Waals surface area contributed by atoms with E-state index in [9.17, 15) is 9.59 Å². The largest absolute Gasteiger partial charge is 0.497 e. The molecule has 2 amide bonds. The van der Waals surface area contributed by atoms with Gasteiger partial charge in [0.05, 0.1) is 13.4 Å². The van der Waals surface area contributed by atoms with Gasteiger partial charge in [-0.15, -0.1) is 0 Å². The quantitative estimate of drug-likeness (QED) is 0.369. The van der Waals surface area contributed by atoms with E-state index in [1.165, 1.54) is 17.9 Å². The molecule has 0 aliphatic carbocycles. The number of methoxy groups -OCH3 is 1. The Labute approximate surface area is 185 Å². The number of rotatable bonds is 10. The minimum absolute atomic E-state index is 0.115. The van der Waals surface area contributed by atoms with Crippen LogP contribution in [0.4, 0.5) is 0 Å². The molecule has 160 valence electrons. The van der Waals surface area contributed by atoms with Gasteiger partial charge in [-0.3, -0.25) is 9.59 Å². The molecule has 0 radical (unpaired) electrons. The number of nitrogens with one attached hydrogen (secondary N) is 2. The molecule has 0 spiro atoms. The topological polar surface area (TPSA) is 80.6 Å². The Balaban J connectivity index is 1.57. The van der Waals surface area contributed by atoms with E-state index in [4.69, 9.17) is 9.15 Å². The fourth-order valence-electron chi connectivity index (χ4n) is 2.71. The fourth-order valence-corrected chi connectivity index (χ4v) is 3.53. The number of ether oxygens (including phenoxy) is 1. The number of carbonyl (C=O) groups excluding carboxylic acids is 2. The Kier molecular flexibility index (Phi) is 8.37. The normalized spacial score (nSPS) is 11.1. The zero-order valence-corrected chi connectivity index (χ0v) is 18.0. The minimum Gasteiger partial charge on any atom is -0.497 e. The van der Waals surface area contributed by atoms with Crippen molar-refractivity contribution in [2.24, 2.45) is 0 Å². The summed E-state index contributed by atoms with van der Waals surface area (Å²) >= 11 is 1.73. The van der Waals surface area contributed by atoms with Crippen molar-refractivity contribution < 1.29 is 18.7 Å². The molecule has 3 rings (SSSR count). The fraction of sp³-hybridized carbons (Fsp3) is 0.167. The van der Waals surface area contributed by atoms with Crippen molar-refractivity contribution >= 4 is 29.7 Å². The summed E-state index contributed by atoms with van der Waals surface area (Å²) < 4.78 is 10.4. The molecular formula is C24H24N2O4S. The number of hydrogen-bond acceptors (Lipinski definition) is 5. The molecule has 2 N–H and O–H groups in total. The van der Waals surface area contributed by atoms with Crippen molar-refractivity contribution in [2.75, 3.05) is 19.4 Å². The predicted molar refractivity (Wildman–Crippen MR) is 123 cm³/mol. The molecule has 0 unspecified atom stereocenters. The summed E-state index contributed by atoms with van der Waals surface area (Å²) in [7, 11) is 1.56. The van der Waals surface area contributed by atoms with Crippen LogP contribution in [0, 0.1) is 0 Å². The van der Waals surface area contributed by atoms with Gasteiger partial charge in [-0.1, -0.05) is 30.3 Å². The lowest BCUT2D eigenvalue weighted by Crippen LogP contribution is -2.35. The monoisotopic (exact) mass is 436 g/mol. The first-order chi connectivity index (χ1) is 15.2. The second-order valence-corrected chi connectivity index (χ2v) is 7.66. The van der Waals surface area contributed by atoms with E-state index >= 15 is 0 Å². The number of furan rings is 1. The van der Waals surface area contributed by atoms with Crippen LogP contribution in [0.5, 0.6) is 5.75 Å². The number of hydrogen-bond donors (Lipinski definition) is 2. The highest BCUT2D eigenvalue weighted by molar-refractivity contribution is 7.98. The van der Waals surface area contributed by atoms with Gasteiger partial charge >= 0.3 is 0 Å². The first-order valence-electron chi connectivity index (χ1n) is 9.76. The summed E-state index contributed by atoms with van der Waals surface area (Å²) in [6.07, 6.45) is 3.01. The van der Waals surface area contributed by atoms with Crippen molar-refractivity contribution in [3.05, 3.63) is 95.6 Å². The van der Waals surface area contributed by atoms with Crippen molar-refractivity contribution in [1.29, 1.82) is 0 Å². The second kappa shape index (κ2) is 11.7. The van der Waals surface area contributed by atoms with E-state index in [1.807, 2.05) is 18.2 Å². The summed E-state index contributed by atoms with van der Waals surface area (Å²) in [5, 5.41) is 5.53. The standard InChI is InChI=1S/C24H24N2O4S/c1-29-20-11-9-19(10-12-20)23(27)26-22(16-21-8-5-14-30-21)24(28)25-13-15-31-17-18-6-3-2-4-7-18/h2-12,14,16H,13,15,17H2,1H3,(H,25,28)(H,26,27)/b22-16-. The summed E-state index contributed by atoms with van der Waals surface area (Å²) in [5.74, 6) is 1.97. The van der Waals surface area contributed by atoms with Gasteiger partial charge in [-0.05, 0) is 42.0 Å². The van der Waals surface area contributed by atoms with Crippen LogP contribution in [0.1, 0.15) is 21.7 Å². The number of thioether (sulfide) groups is 1. The third-order valence-electron chi connectivity index (χ3n) is 4.32. The third-order valence-corrected chi connectivity index (χ3v) is 5.35. The first-order valence-corrected chi connectivity index (χ1v) is 10.9. The average molecular weight is 437 g/mol. The zero-order valence-electron chi connectivity index (χ0n) is 17.2. The summed E-state index contributed by atoms with van der Waals surface area (Å²) in [6.45, 7) is 0.476. The van der Waals surface area contributed by atoms with E-state index in [1.54, 1.807) is 55.3 Å². The SMILES string of the molecule is COc1ccc(C(=O)N/C(=C\c2ccco2)C(=O)NCCSCc2ccccc2)cc1. The molecule has 7 heteroatoms. The molecule has 2 aromatic carbocycles. The highest BCUT2D eigenvalue weighted by Gasteiger charge is 2.15. The van der Waals surface area contributed by atoms with E-state index < -0.39 is 5.91 Å². The van der Waals surface area contributed by atoms with Crippen molar-refractivity contribution in [2.45, 2.75) is 5.75 Å². The second-order valence-electron chi connectivity index (χ2n) is 6.55. The predicted octanol–water partition coefficient (Wildman–Crippen LogP) is 4.11. The molecule has 0 atom stereocenters. The maximum Gasteiger partial charge on any atom is 0.267 e. The smallest absolute Gasteiger partial charge is 0.267 e. The van der Waals surface area contributed by atoms with Gasteiger partial charge in [0.2, 0.25) is 0 Å². The van der Waals surface area contributed by atoms with E-state index in [0.717, 1.165) is 11.5 Å². The Morgan fingerprint density at radius 1 is 1.03 bits per heavy atom. The van der Waals surface area contributed by atoms with Gasteiger partial charge in [0.15, 0.2) is 0 Å². The minimum atomic E-state index is -0.394. The lowest BCUT2D eigenvalue weighted by Gasteiger charge is -2.11. The molecule has 6 nitrogen and oxygen atoms in total. The molecule has 1 aromatic heterocycles. The Morgan fingerprint density at radius 2 is 1.81 bits per heavy atom. The van der Waals surface area contributed by atoms with E-state index in [0.29, 0.717) is 23.6 Å². The summed E-state index contributed by atoms with van der Waals surface area (Å²) in [4.78, 5) is 25.3.